The van der Waals surface area contributed by atoms with Crippen molar-refractivity contribution in [3.05, 3.63) is 39.7 Å². The molecular weight excluding hydrogens is 291 g/mol. The lowest BCUT2D eigenvalue weighted by molar-refractivity contribution is 0.0962. The summed E-state index contributed by atoms with van der Waals surface area (Å²) >= 11 is 12.8. The molecule has 1 aromatic heterocycles. The lowest BCUT2D eigenvalue weighted by atomic mass is 10.2. The Balaban J connectivity index is 2.36. The van der Waals surface area contributed by atoms with Gasteiger partial charge in [0.25, 0.3) is 5.91 Å². The van der Waals surface area contributed by atoms with Gasteiger partial charge in [0, 0.05) is 20.1 Å². The van der Waals surface area contributed by atoms with E-state index >= 15 is 0 Å². The molecule has 0 saturated heterocycles. The summed E-state index contributed by atoms with van der Waals surface area (Å²) in [4.78, 5) is 12.4. The average Bonchev–Trinajstić information content (AvgIpc) is 2.64. The molecular formula is C12H10Cl2N2OS. The van der Waals surface area contributed by atoms with Crippen molar-refractivity contribution in [2.75, 3.05) is 12.3 Å². The Hall–Kier alpha value is -1.23. The maximum atomic E-state index is 11.9. The van der Waals surface area contributed by atoms with Gasteiger partial charge in [-0.15, -0.1) is 11.3 Å². The van der Waals surface area contributed by atoms with Crippen LogP contribution in [0.15, 0.2) is 29.8 Å². The number of benzene rings is 1. The van der Waals surface area contributed by atoms with E-state index in [-0.39, 0.29) is 12.5 Å². The van der Waals surface area contributed by atoms with Crippen molar-refractivity contribution in [2.45, 2.75) is 0 Å². The van der Waals surface area contributed by atoms with Crippen molar-refractivity contribution in [2.24, 2.45) is 0 Å². The second-order valence-electron chi connectivity index (χ2n) is 3.69. The highest BCUT2D eigenvalue weighted by molar-refractivity contribution is 7.21. The first-order valence-electron chi connectivity index (χ1n) is 5.08. The van der Waals surface area contributed by atoms with Crippen molar-refractivity contribution in [3.63, 3.8) is 0 Å². The first-order chi connectivity index (χ1) is 8.49. The minimum atomic E-state index is -0.258. The first-order valence-corrected chi connectivity index (χ1v) is 6.65. The number of nitrogens with two attached hydrogens (primary N) is 1. The molecule has 18 heavy (non-hydrogen) atoms. The molecule has 0 fully saturated rings. The Bertz CT molecular complexity index is 636. The van der Waals surface area contributed by atoms with Gasteiger partial charge in [-0.05, 0) is 18.2 Å². The number of thiophene rings is 1. The number of anilines is 1. The van der Waals surface area contributed by atoms with Gasteiger partial charge in [-0.3, -0.25) is 4.79 Å². The minimum Gasteiger partial charge on any atom is -0.397 e. The number of hydrogen-bond donors (Lipinski definition) is 2. The van der Waals surface area contributed by atoms with E-state index in [1.807, 2.05) is 6.07 Å². The molecule has 0 aliphatic carbocycles. The zero-order valence-corrected chi connectivity index (χ0v) is 11.6. The predicted molar refractivity (Wildman–Crippen MR) is 78.6 cm³/mol. The lowest BCUT2D eigenvalue weighted by Gasteiger charge is -2.02. The topological polar surface area (TPSA) is 55.1 Å². The Kier molecular flexibility index (Phi) is 3.80. The van der Waals surface area contributed by atoms with Gasteiger partial charge in [0.05, 0.1) is 12.2 Å². The number of nitrogen functional groups attached to an aromatic ring is 1. The van der Waals surface area contributed by atoms with Gasteiger partial charge in [-0.25, -0.2) is 0 Å². The van der Waals surface area contributed by atoms with Crippen molar-refractivity contribution in [3.8, 4) is 0 Å². The molecule has 6 heteroatoms. The van der Waals surface area contributed by atoms with Crippen LogP contribution in [0.5, 0.6) is 0 Å². The van der Waals surface area contributed by atoms with Crippen LogP contribution in [0.3, 0.4) is 0 Å². The molecule has 3 nitrogen and oxygen atoms in total. The third-order valence-corrected chi connectivity index (χ3v) is 3.89. The fraction of sp³-hybridized carbons (Fsp3) is 0.0833. The number of carbonyl (C=O) groups excluding carboxylic acids is 1. The highest BCUT2D eigenvalue weighted by Crippen LogP contribution is 2.35. The second kappa shape index (κ2) is 5.18. The molecule has 0 saturated carbocycles. The number of carbonyl (C=O) groups is 1. The van der Waals surface area contributed by atoms with Crippen LogP contribution in [0.25, 0.3) is 10.1 Å². The number of halogens is 2. The standard InChI is InChI=1S/C12H10Cl2N2OS/c1-6(13)5-16-12(17)11-10(15)8-4-7(14)2-3-9(8)18-11/h2-4H,1,5,15H2,(H,16,17). The van der Waals surface area contributed by atoms with Gasteiger partial charge >= 0.3 is 0 Å². The van der Waals surface area contributed by atoms with Gasteiger partial charge < -0.3 is 11.1 Å². The van der Waals surface area contributed by atoms with Gasteiger partial charge in [0.1, 0.15) is 4.88 Å². The van der Waals surface area contributed by atoms with Crippen molar-refractivity contribution in [1.29, 1.82) is 0 Å². The molecule has 0 radical (unpaired) electrons. The highest BCUT2D eigenvalue weighted by atomic mass is 35.5. The summed E-state index contributed by atoms with van der Waals surface area (Å²) < 4.78 is 0.923. The van der Waals surface area contributed by atoms with Crippen LogP contribution in [0.2, 0.25) is 5.02 Å². The summed E-state index contributed by atoms with van der Waals surface area (Å²) in [5, 5.41) is 4.39. The van der Waals surface area contributed by atoms with Gasteiger partial charge in [0.2, 0.25) is 0 Å². The van der Waals surface area contributed by atoms with E-state index in [0.29, 0.717) is 20.6 Å². The van der Waals surface area contributed by atoms with E-state index in [1.165, 1.54) is 11.3 Å². The maximum Gasteiger partial charge on any atom is 0.263 e. The van der Waals surface area contributed by atoms with Crippen LogP contribution in [0.4, 0.5) is 5.69 Å². The summed E-state index contributed by atoms with van der Waals surface area (Å²) in [5.41, 5.74) is 6.39. The molecule has 2 aromatic rings. The molecule has 0 atom stereocenters. The third kappa shape index (κ3) is 2.61. The van der Waals surface area contributed by atoms with Crippen LogP contribution in [0, 0.1) is 0 Å². The normalized spacial score (nSPS) is 10.6. The first kappa shape index (κ1) is 13.2. The summed E-state index contributed by atoms with van der Waals surface area (Å²) in [5.74, 6) is -0.258. The summed E-state index contributed by atoms with van der Waals surface area (Å²) in [6.45, 7) is 3.72. The van der Waals surface area contributed by atoms with Crippen LogP contribution in [0.1, 0.15) is 9.67 Å². The Morgan fingerprint density at radius 1 is 1.50 bits per heavy atom. The van der Waals surface area contributed by atoms with Gasteiger partial charge in [-0.2, -0.15) is 0 Å². The highest BCUT2D eigenvalue weighted by Gasteiger charge is 2.16. The second-order valence-corrected chi connectivity index (χ2v) is 5.71. The van der Waals surface area contributed by atoms with E-state index in [9.17, 15) is 4.79 Å². The SMILES string of the molecule is C=C(Cl)CNC(=O)c1sc2ccc(Cl)cc2c1N. The van der Waals surface area contributed by atoms with Crippen LogP contribution in [-0.2, 0) is 0 Å². The van der Waals surface area contributed by atoms with Crippen molar-refractivity contribution < 1.29 is 4.79 Å². The molecule has 3 N–H and O–H groups in total. The Morgan fingerprint density at radius 2 is 2.22 bits per heavy atom. The fourth-order valence-corrected chi connectivity index (χ4v) is 2.77. The zero-order valence-electron chi connectivity index (χ0n) is 9.30. The fourth-order valence-electron chi connectivity index (χ4n) is 1.51. The van der Waals surface area contributed by atoms with E-state index in [1.54, 1.807) is 12.1 Å². The van der Waals surface area contributed by atoms with Gasteiger partial charge in [-0.1, -0.05) is 29.8 Å². The smallest absolute Gasteiger partial charge is 0.263 e. The predicted octanol–water partition coefficient (Wildman–Crippen LogP) is 3.62. The molecule has 2 rings (SSSR count). The maximum absolute atomic E-state index is 11.9. The summed E-state index contributed by atoms with van der Waals surface area (Å²) in [6.07, 6.45) is 0. The van der Waals surface area contributed by atoms with E-state index in [2.05, 4.69) is 11.9 Å². The van der Waals surface area contributed by atoms with Crippen LogP contribution in [-0.4, -0.2) is 12.5 Å². The van der Waals surface area contributed by atoms with Crippen LogP contribution < -0.4 is 11.1 Å². The molecule has 94 valence electrons. The van der Waals surface area contributed by atoms with Gasteiger partial charge in [0.15, 0.2) is 0 Å². The lowest BCUT2D eigenvalue weighted by Crippen LogP contribution is -2.24. The molecule has 0 unspecified atom stereocenters. The summed E-state index contributed by atoms with van der Waals surface area (Å²) in [6, 6.07) is 5.36. The quantitative estimate of drug-likeness (QED) is 0.909. The molecule has 0 bridgehead atoms. The number of nitrogens with one attached hydrogen (secondary N) is 1. The number of rotatable bonds is 3. The number of hydrogen-bond acceptors (Lipinski definition) is 3. The molecule has 0 aliphatic heterocycles. The van der Waals surface area contributed by atoms with E-state index in [0.717, 1.165) is 10.1 Å². The average molecular weight is 301 g/mol. The van der Waals surface area contributed by atoms with E-state index < -0.39 is 0 Å². The zero-order chi connectivity index (χ0) is 13.3. The molecule has 0 spiro atoms. The molecule has 0 aliphatic rings. The molecule has 1 aromatic carbocycles. The Labute approximate surface area is 118 Å². The molecule has 1 amide bonds. The summed E-state index contributed by atoms with van der Waals surface area (Å²) in [7, 11) is 0. The van der Waals surface area contributed by atoms with Crippen LogP contribution >= 0.6 is 34.5 Å². The van der Waals surface area contributed by atoms with E-state index in [4.69, 9.17) is 28.9 Å². The largest absolute Gasteiger partial charge is 0.397 e. The third-order valence-electron chi connectivity index (χ3n) is 2.34. The number of amides is 1. The Morgan fingerprint density at radius 3 is 2.89 bits per heavy atom. The monoisotopic (exact) mass is 300 g/mol. The van der Waals surface area contributed by atoms with Crippen molar-refractivity contribution >= 4 is 56.2 Å². The minimum absolute atomic E-state index is 0.217. The molecule has 1 heterocycles. The van der Waals surface area contributed by atoms with Crippen molar-refractivity contribution in [1.82, 2.24) is 5.32 Å². The number of fused-ring (bicyclic) bond motifs is 1.